The Bertz CT molecular complexity index is 1190. The summed E-state index contributed by atoms with van der Waals surface area (Å²) in [4.78, 5) is 28.0. The number of rotatable bonds is 7. The fourth-order valence-electron chi connectivity index (χ4n) is 3.68. The van der Waals surface area contributed by atoms with Crippen LogP contribution in [0, 0.1) is 6.92 Å². The second kappa shape index (κ2) is 9.28. The molecule has 0 unspecified atom stereocenters. The summed E-state index contributed by atoms with van der Waals surface area (Å²) >= 11 is 6.26. The van der Waals surface area contributed by atoms with Crippen molar-refractivity contribution in [2.24, 2.45) is 0 Å². The van der Waals surface area contributed by atoms with Gasteiger partial charge in [-0.1, -0.05) is 60.1 Å². The van der Waals surface area contributed by atoms with Gasteiger partial charge in [0.15, 0.2) is 0 Å². The Morgan fingerprint density at radius 1 is 0.906 bits per heavy atom. The van der Waals surface area contributed by atoms with Crippen LogP contribution < -0.4 is 10.1 Å². The first-order valence-electron chi connectivity index (χ1n) is 10.3. The van der Waals surface area contributed by atoms with Crippen molar-refractivity contribution in [3.63, 3.8) is 0 Å². The number of hydrogen-bond donors (Lipinski definition) is 1. The number of carbonyl (C=O) groups is 2. The van der Waals surface area contributed by atoms with Gasteiger partial charge in [0.1, 0.15) is 11.4 Å². The molecule has 3 aromatic carbocycles. The van der Waals surface area contributed by atoms with Crippen molar-refractivity contribution in [2.75, 3.05) is 19.0 Å². The van der Waals surface area contributed by atoms with Crippen LogP contribution in [0.5, 0.6) is 5.75 Å². The molecule has 4 rings (SSSR count). The maximum absolute atomic E-state index is 13.4. The Hall–Kier alpha value is -3.57. The molecule has 162 valence electrons. The molecule has 1 N–H and O–H groups in total. The van der Waals surface area contributed by atoms with E-state index in [0.29, 0.717) is 28.3 Å². The number of nitrogens with zero attached hydrogens (tertiary/aromatic N) is 1. The lowest BCUT2D eigenvalue weighted by Crippen LogP contribution is -2.34. The zero-order chi connectivity index (χ0) is 22.7. The van der Waals surface area contributed by atoms with Gasteiger partial charge in [-0.15, -0.1) is 0 Å². The SMILES string of the molecule is COc1ccc(CCN2C(=O)C(Nc3cccc(Cl)c3C)=C(c3ccccc3)C2=O)cc1. The molecule has 1 aliphatic heterocycles. The van der Waals surface area contributed by atoms with Crippen LogP contribution >= 0.6 is 11.6 Å². The molecule has 0 saturated carbocycles. The minimum absolute atomic E-state index is 0.265. The molecule has 0 atom stereocenters. The molecule has 1 aliphatic rings. The molecule has 0 saturated heterocycles. The summed E-state index contributed by atoms with van der Waals surface area (Å²) in [7, 11) is 1.61. The summed E-state index contributed by atoms with van der Waals surface area (Å²) in [5.74, 6) is 0.108. The van der Waals surface area contributed by atoms with Crippen LogP contribution in [0.15, 0.2) is 78.5 Å². The summed E-state index contributed by atoms with van der Waals surface area (Å²) < 4.78 is 5.19. The van der Waals surface area contributed by atoms with Crippen LogP contribution in [-0.4, -0.2) is 30.4 Å². The first kappa shape index (κ1) is 21.7. The maximum atomic E-state index is 13.4. The van der Waals surface area contributed by atoms with Crippen LogP contribution in [0.4, 0.5) is 5.69 Å². The number of amides is 2. The van der Waals surface area contributed by atoms with Crippen LogP contribution in [0.2, 0.25) is 5.02 Å². The molecule has 6 heteroatoms. The van der Waals surface area contributed by atoms with Gasteiger partial charge in [-0.2, -0.15) is 0 Å². The number of methoxy groups -OCH3 is 1. The average Bonchev–Trinajstić information content (AvgIpc) is 3.05. The highest BCUT2D eigenvalue weighted by molar-refractivity contribution is 6.36. The number of halogens is 1. The number of nitrogens with one attached hydrogen (secondary N) is 1. The third-order valence-electron chi connectivity index (χ3n) is 5.54. The smallest absolute Gasteiger partial charge is 0.278 e. The van der Waals surface area contributed by atoms with E-state index in [1.54, 1.807) is 13.2 Å². The quantitative estimate of drug-likeness (QED) is 0.513. The number of benzene rings is 3. The van der Waals surface area contributed by atoms with Crippen molar-refractivity contribution in [1.29, 1.82) is 0 Å². The van der Waals surface area contributed by atoms with E-state index in [1.165, 1.54) is 4.90 Å². The molecule has 0 bridgehead atoms. The topological polar surface area (TPSA) is 58.6 Å². The lowest BCUT2D eigenvalue weighted by molar-refractivity contribution is -0.136. The molecular weight excluding hydrogens is 424 g/mol. The van der Waals surface area contributed by atoms with Gasteiger partial charge in [-0.3, -0.25) is 14.5 Å². The number of anilines is 1. The highest BCUT2D eigenvalue weighted by Crippen LogP contribution is 2.32. The van der Waals surface area contributed by atoms with E-state index in [9.17, 15) is 9.59 Å². The highest BCUT2D eigenvalue weighted by Gasteiger charge is 2.39. The van der Waals surface area contributed by atoms with E-state index in [0.717, 1.165) is 16.9 Å². The van der Waals surface area contributed by atoms with Gasteiger partial charge in [-0.25, -0.2) is 0 Å². The largest absolute Gasteiger partial charge is 0.497 e. The van der Waals surface area contributed by atoms with Gasteiger partial charge >= 0.3 is 0 Å². The second-order valence-electron chi connectivity index (χ2n) is 7.51. The standard InChI is InChI=1S/C26H23ClN2O3/c1-17-21(27)9-6-10-22(17)28-24-23(19-7-4-3-5-8-19)25(30)29(26(24)31)16-15-18-11-13-20(32-2)14-12-18/h3-14,28H,15-16H2,1-2H3. The molecule has 0 spiro atoms. The highest BCUT2D eigenvalue weighted by atomic mass is 35.5. The molecule has 5 nitrogen and oxygen atoms in total. The van der Waals surface area contributed by atoms with Crippen LogP contribution in [0.3, 0.4) is 0 Å². The third kappa shape index (κ3) is 4.25. The molecule has 1 heterocycles. The summed E-state index contributed by atoms with van der Waals surface area (Å²) in [5.41, 5.74) is 3.84. The first-order chi connectivity index (χ1) is 15.5. The van der Waals surface area contributed by atoms with E-state index >= 15 is 0 Å². The van der Waals surface area contributed by atoms with Crippen molar-refractivity contribution in [3.8, 4) is 5.75 Å². The number of carbonyl (C=O) groups excluding carboxylic acids is 2. The van der Waals surface area contributed by atoms with E-state index in [-0.39, 0.29) is 24.1 Å². The van der Waals surface area contributed by atoms with Gasteiger partial charge < -0.3 is 10.1 Å². The van der Waals surface area contributed by atoms with Gasteiger partial charge in [-0.05, 0) is 54.3 Å². The molecule has 0 fully saturated rings. The van der Waals surface area contributed by atoms with E-state index in [2.05, 4.69) is 5.32 Å². The number of ether oxygens (including phenoxy) is 1. The van der Waals surface area contributed by atoms with Crippen LogP contribution in [0.1, 0.15) is 16.7 Å². The summed E-state index contributed by atoms with van der Waals surface area (Å²) in [6.45, 7) is 2.15. The monoisotopic (exact) mass is 446 g/mol. The summed E-state index contributed by atoms with van der Waals surface area (Å²) in [5, 5.41) is 3.78. The maximum Gasteiger partial charge on any atom is 0.278 e. The first-order valence-corrected chi connectivity index (χ1v) is 10.7. The van der Waals surface area contributed by atoms with E-state index < -0.39 is 0 Å². The second-order valence-corrected chi connectivity index (χ2v) is 7.92. The van der Waals surface area contributed by atoms with Gasteiger partial charge in [0, 0.05) is 17.3 Å². The molecule has 0 aliphatic carbocycles. The molecule has 0 radical (unpaired) electrons. The molecule has 32 heavy (non-hydrogen) atoms. The van der Waals surface area contributed by atoms with Crippen molar-refractivity contribution in [1.82, 2.24) is 4.90 Å². The number of imide groups is 1. The molecule has 2 amide bonds. The summed E-state index contributed by atoms with van der Waals surface area (Å²) in [6, 6.07) is 22.3. The Labute approximate surface area is 192 Å². The van der Waals surface area contributed by atoms with Crippen molar-refractivity contribution >= 4 is 34.7 Å². The Morgan fingerprint density at radius 3 is 2.31 bits per heavy atom. The Balaban J connectivity index is 1.64. The average molecular weight is 447 g/mol. The van der Waals surface area contributed by atoms with Gasteiger partial charge in [0.2, 0.25) is 0 Å². The molecule has 3 aromatic rings. The minimum atomic E-state index is -0.346. The van der Waals surface area contributed by atoms with E-state index in [1.807, 2.05) is 73.7 Å². The lowest BCUT2D eigenvalue weighted by Gasteiger charge is -2.16. The lowest BCUT2D eigenvalue weighted by atomic mass is 10.0. The third-order valence-corrected chi connectivity index (χ3v) is 5.95. The van der Waals surface area contributed by atoms with Crippen LogP contribution in [-0.2, 0) is 16.0 Å². The normalized spacial score (nSPS) is 13.7. The predicted molar refractivity (Wildman–Crippen MR) is 127 cm³/mol. The zero-order valence-electron chi connectivity index (χ0n) is 17.9. The van der Waals surface area contributed by atoms with Gasteiger partial charge in [0.25, 0.3) is 11.8 Å². The minimum Gasteiger partial charge on any atom is -0.497 e. The van der Waals surface area contributed by atoms with Crippen molar-refractivity contribution < 1.29 is 14.3 Å². The molecular formula is C26H23ClN2O3. The van der Waals surface area contributed by atoms with E-state index in [4.69, 9.17) is 16.3 Å². The summed E-state index contributed by atoms with van der Waals surface area (Å²) in [6.07, 6.45) is 0.549. The Kier molecular flexibility index (Phi) is 6.28. The Morgan fingerprint density at radius 2 is 1.62 bits per heavy atom. The molecule has 0 aromatic heterocycles. The fourth-order valence-corrected chi connectivity index (χ4v) is 3.85. The van der Waals surface area contributed by atoms with Gasteiger partial charge in [0.05, 0.1) is 12.7 Å². The van der Waals surface area contributed by atoms with Crippen LogP contribution in [0.25, 0.3) is 5.57 Å². The van der Waals surface area contributed by atoms with Crippen molar-refractivity contribution in [3.05, 3.63) is 100 Å². The number of hydrogen-bond acceptors (Lipinski definition) is 4. The van der Waals surface area contributed by atoms with Crippen molar-refractivity contribution in [2.45, 2.75) is 13.3 Å². The zero-order valence-corrected chi connectivity index (χ0v) is 18.6. The predicted octanol–water partition coefficient (Wildman–Crippen LogP) is 5.09. The fraction of sp³-hybridized carbons (Fsp3) is 0.154.